The molecule has 2 aromatic rings. The van der Waals surface area contributed by atoms with Crippen molar-refractivity contribution < 1.29 is 23.9 Å². The second kappa shape index (κ2) is 8.03. The molecule has 1 unspecified atom stereocenters. The molecular formula is C21H21NO5. The van der Waals surface area contributed by atoms with Gasteiger partial charge in [-0.05, 0) is 68.3 Å². The summed E-state index contributed by atoms with van der Waals surface area (Å²) in [7, 11) is 1.55. The quantitative estimate of drug-likeness (QED) is 0.599. The molecule has 6 heteroatoms. The summed E-state index contributed by atoms with van der Waals surface area (Å²) in [6.07, 6.45) is 0.937. The SMILES string of the molecule is COc1ccc(C(=O)C(C)OC(=O)c2ccc(NC(=O)C3CC3)cc2)cc1. The van der Waals surface area contributed by atoms with Crippen LogP contribution in [0.15, 0.2) is 48.5 Å². The predicted octanol–water partition coefficient (Wildman–Crippen LogP) is 3.47. The molecule has 140 valence electrons. The number of amides is 1. The summed E-state index contributed by atoms with van der Waals surface area (Å²) < 4.78 is 10.3. The van der Waals surface area contributed by atoms with E-state index in [1.165, 1.54) is 6.92 Å². The topological polar surface area (TPSA) is 81.7 Å². The second-order valence-electron chi connectivity index (χ2n) is 6.48. The van der Waals surface area contributed by atoms with Gasteiger partial charge in [0.1, 0.15) is 5.75 Å². The number of carbonyl (C=O) groups excluding carboxylic acids is 3. The van der Waals surface area contributed by atoms with Gasteiger partial charge in [-0.2, -0.15) is 0 Å². The predicted molar refractivity (Wildman–Crippen MR) is 100.0 cm³/mol. The maximum absolute atomic E-state index is 12.4. The lowest BCUT2D eigenvalue weighted by atomic mass is 10.1. The number of ether oxygens (including phenoxy) is 2. The summed E-state index contributed by atoms with van der Waals surface area (Å²) in [6, 6.07) is 13.0. The van der Waals surface area contributed by atoms with Crippen molar-refractivity contribution in [2.75, 3.05) is 12.4 Å². The smallest absolute Gasteiger partial charge is 0.338 e. The average Bonchev–Trinajstić information content (AvgIpc) is 3.53. The molecule has 0 spiro atoms. The first-order chi connectivity index (χ1) is 13.0. The van der Waals surface area contributed by atoms with Gasteiger partial charge in [0, 0.05) is 17.2 Å². The minimum atomic E-state index is -0.917. The number of Topliss-reactive ketones (excluding diaryl/α,β-unsaturated/α-hetero) is 1. The monoisotopic (exact) mass is 367 g/mol. The third-order valence-electron chi connectivity index (χ3n) is 4.36. The second-order valence-corrected chi connectivity index (χ2v) is 6.48. The van der Waals surface area contributed by atoms with Crippen LogP contribution in [-0.4, -0.2) is 30.9 Å². The number of carbonyl (C=O) groups is 3. The molecule has 2 aromatic carbocycles. The van der Waals surface area contributed by atoms with Crippen molar-refractivity contribution in [3.05, 3.63) is 59.7 Å². The Morgan fingerprint density at radius 2 is 1.56 bits per heavy atom. The fourth-order valence-electron chi connectivity index (χ4n) is 2.55. The number of methoxy groups -OCH3 is 1. The van der Waals surface area contributed by atoms with Crippen molar-refractivity contribution in [1.82, 2.24) is 0 Å². The molecule has 1 saturated carbocycles. The van der Waals surface area contributed by atoms with Gasteiger partial charge in [0.15, 0.2) is 6.10 Å². The first-order valence-corrected chi connectivity index (χ1v) is 8.78. The summed E-state index contributed by atoms with van der Waals surface area (Å²) in [5, 5.41) is 2.80. The molecule has 1 atom stereocenters. The van der Waals surface area contributed by atoms with E-state index in [1.54, 1.807) is 55.6 Å². The molecule has 0 aliphatic heterocycles. The van der Waals surface area contributed by atoms with Gasteiger partial charge in [-0.3, -0.25) is 9.59 Å². The Morgan fingerprint density at radius 1 is 0.963 bits per heavy atom. The van der Waals surface area contributed by atoms with E-state index >= 15 is 0 Å². The number of hydrogen-bond acceptors (Lipinski definition) is 5. The lowest BCUT2D eigenvalue weighted by Crippen LogP contribution is -2.24. The molecule has 0 radical (unpaired) electrons. The first kappa shape index (κ1) is 18.6. The Hall–Kier alpha value is -3.15. The van der Waals surface area contributed by atoms with Crippen molar-refractivity contribution >= 4 is 23.3 Å². The van der Waals surface area contributed by atoms with Crippen LogP contribution in [0.2, 0.25) is 0 Å². The van der Waals surface area contributed by atoms with Crippen molar-refractivity contribution in [2.24, 2.45) is 5.92 Å². The van der Waals surface area contributed by atoms with Crippen molar-refractivity contribution in [2.45, 2.75) is 25.9 Å². The van der Waals surface area contributed by atoms with E-state index in [4.69, 9.17) is 9.47 Å². The van der Waals surface area contributed by atoms with Gasteiger partial charge in [0.05, 0.1) is 12.7 Å². The van der Waals surface area contributed by atoms with Crippen LogP contribution in [-0.2, 0) is 9.53 Å². The average molecular weight is 367 g/mol. The highest BCUT2D eigenvalue weighted by atomic mass is 16.5. The Labute approximate surface area is 157 Å². The Bertz CT molecular complexity index is 838. The standard InChI is InChI=1S/C21H21NO5/c1-13(19(23)14-7-11-18(26-2)12-8-14)27-21(25)16-5-9-17(10-6-16)22-20(24)15-3-4-15/h5-13,15H,3-4H2,1-2H3,(H,22,24). The molecule has 1 amide bonds. The van der Waals surface area contributed by atoms with E-state index in [0.29, 0.717) is 22.6 Å². The first-order valence-electron chi connectivity index (χ1n) is 8.78. The minimum Gasteiger partial charge on any atom is -0.497 e. The van der Waals surface area contributed by atoms with Gasteiger partial charge in [-0.25, -0.2) is 4.79 Å². The van der Waals surface area contributed by atoms with E-state index in [0.717, 1.165) is 12.8 Å². The van der Waals surface area contributed by atoms with Crippen molar-refractivity contribution in [1.29, 1.82) is 0 Å². The number of benzene rings is 2. The van der Waals surface area contributed by atoms with Crippen LogP contribution < -0.4 is 10.1 Å². The van der Waals surface area contributed by atoms with Crippen molar-refractivity contribution in [3.63, 3.8) is 0 Å². The molecule has 0 heterocycles. The van der Waals surface area contributed by atoms with Gasteiger partial charge in [0.25, 0.3) is 0 Å². The largest absolute Gasteiger partial charge is 0.497 e. The van der Waals surface area contributed by atoms with Crippen LogP contribution in [0.1, 0.15) is 40.5 Å². The maximum atomic E-state index is 12.4. The molecule has 0 aromatic heterocycles. The van der Waals surface area contributed by atoms with Gasteiger partial charge >= 0.3 is 5.97 Å². The van der Waals surface area contributed by atoms with Gasteiger partial charge < -0.3 is 14.8 Å². The fraction of sp³-hybridized carbons (Fsp3) is 0.286. The number of anilines is 1. The molecule has 1 aliphatic rings. The number of rotatable bonds is 7. The molecule has 1 fully saturated rings. The molecular weight excluding hydrogens is 346 g/mol. The van der Waals surface area contributed by atoms with Crippen LogP contribution in [0.25, 0.3) is 0 Å². The molecule has 6 nitrogen and oxygen atoms in total. The summed E-state index contributed by atoms with van der Waals surface area (Å²) in [6.45, 7) is 1.54. The number of hydrogen-bond donors (Lipinski definition) is 1. The number of ketones is 1. The van der Waals surface area contributed by atoms with Crippen LogP contribution in [0.5, 0.6) is 5.75 Å². The molecule has 27 heavy (non-hydrogen) atoms. The summed E-state index contributed by atoms with van der Waals surface area (Å²) in [5.41, 5.74) is 1.38. The van der Waals surface area contributed by atoms with Gasteiger partial charge in [-0.15, -0.1) is 0 Å². The van der Waals surface area contributed by atoms with Gasteiger partial charge in [0.2, 0.25) is 11.7 Å². The normalized spacial score (nSPS) is 14.1. The molecule has 0 bridgehead atoms. The van der Waals surface area contributed by atoms with Crippen LogP contribution in [0.3, 0.4) is 0 Å². The highest BCUT2D eigenvalue weighted by Gasteiger charge is 2.29. The Morgan fingerprint density at radius 3 is 2.11 bits per heavy atom. The Balaban J connectivity index is 1.58. The van der Waals surface area contributed by atoms with Crippen LogP contribution in [0.4, 0.5) is 5.69 Å². The van der Waals surface area contributed by atoms with E-state index in [9.17, 15) is 14.4 Å². The van der Waals surface area contributed by atoms with E-state index in [2.05, 4.69) is 5.32 Å². The molecule has 1 aliphatic carbocycles. The maximum Gasteiger partial charge on any atom is 0.338 e. The number of esters is 1. The van der Waals surface area contributed by atoms with Crippen LogP contribution in [0, 0.1) is 5.92 Å². The summed E-state index contributed by atoms with van der Waals surface area (Å²) in [5.74, 6) is -0.127. The zero-order valence-electron chi connectivity index (χ0n) is 15.2. The summed E-state index contributed by atoms with van der Waals surface area (Å²) in [4.78, 5) is 36.4. The molecule has 1 N–H and O–H groups in total. The highest BCUT2D eigenvalue weighted by molar-refractivity contribution is 6.01. The molecule has 3 rings (SSSR count). The third kappa shape index (κ3) is 4.73. The van der Waals surface area contributed by atoms with E-state index in [1.807, 2.05) is 0 Å². The minimum absolute atomic E-state index is 0.00374. The molecule has 0 saturated heterocycles. The highest BCUT2D eigenvalue weighted by Crippen LogP contribution is 2.30. The lowest BCUT2D eigenvalue weighted by Gasteiger charge is -2.13. The summed E-state index contributed by atoms with van der Waals surface area (Å²) >= 11 is 0. The fourth-order valence-corrected chi connectivity index (χ4v) is 2.55. The number of nitrogens with one attached hydrogen (secondary N) is 1. The van der Waals surface area contributed by atoms with E-state index < -0.39 is 12.1 Å². The zero-order chi connectivity index (χ0) is 19.4. The lowest BCUT2D eigenvalue weighted by molar-refractivity contribution is -0.117. The van der Waals surface area contributed by atoms with Crippen LogP contribution >= 0.6 is 0 Å². The zero-order valence-corrected chi connectivity index (χ0v) is 15.2. The third-order valence-corrected chi connectivity index (χ3v) is 4.36. The van der Waals surface area contributed by atoms with Crippen molar-refractivity contribution in [3.8, 4) is 5.75 Å². The Kier molecular flexibility index (Phi) is 5.54. The van der Waals surface area contributed by atoms with Gasteiger partial charge in [-0.1, -0.05) is 0 Å². The van der Waals surface area contributed by atoms with E-state index in [-0.39, 0.29) is 17.6 Å².